The van der Waals surface area contributed by atoms with Crippen LogP contribution in [0.5, 0.6) is 17.2 Å². The number of amides is 1. The molecule has 0 unspecified atom stereocenters. The van der Waals surface area contributed by atoms with E-state index in [-0.39, 0.29) is 11.3 Å². The molecule has 0 bridgehead atoms. The second-order valence-corrected chi connectivity index (χ2v) is 5.91. The van der Waals surface area contributed by atoms with Crippen molar-refractivity contribution in [3.63, 3.8) is 0 Å². The first-order valence-corrected chi connectivity index (χ1v) is 8.50. The number of aromatic amines is 1. The van der Waals surface area contributed by atoms with Gasteiger partial charge < -0.3 is 24.5 Å². The maximum atomic E-state index is 12.9. The molecule has 1 amide bonds. The van der Waals surface area contributed by atoms with E-state index >= 15 is 0 Å². The fraction of sp³-hybridized carbons (Fsp3) is 0.150. The molecule has 0 aliphatic heterocycles. The molecule has 150 valence electrons. The third kappa shape index (κ3) is 4.13. The standard InChI is InChI=1S/C20H19N3O6/c1-27-14-6-4-5-13(9-14)23-19(25)17(11-21-20(23)26)18(24)22-12-7-15(28-2)10-16(8-12)29-3/h4-11H,1-3H3,(H,21,26)(H,22,24). The number of benzene rings is 2. The second kappa shape index (κ2) is 8.34. The number of carbonyl (C=O) groups is 1. The van der Waals surface area contributed by atoms with Crippen LogP contribution in [-0.2, 0) is 0 Å². The summed E-state index contributed by atoms with van der Waals surface area (Å²) < 4.78 is 16.3. The van der Waals surface area contributed by atoms with E-state index in [9.17, 15) is 14.4 Å². The second-order valence-electron chi connectivity index (χ2n) is 5.91. The summed E-state index contributed by atoms with van der Waals surface area (Å²) in [6.07, 6.45) is 1.08. The Morgan fingerprint density at radius 2 is 1.59 bits per heavy atom. The molecule has 0 saturated carbocycles. The Labute approximate surface area is 165 Å². The van der Waals surface area contributed by atoms with E-state index in [1.165, 1.54) is 27.4 Å². The minimum absolute atomic E-state index is 0.241. The molecule has 0 saturated heterocycles. The van der Waals surface area contributed by atoms with Gasteiger partial charge in [0.25, 0.3) is 11.5 Å². The van der Waals surface area contributed by atoms with Gasteiger partial charge in [-0.05, 0) is 12.1 Å². The quantitative estimate of drug-likeness (QED) is 0.656. The number of nitrogens with zero attached hydrogens (tertiary/aromatic N) is 1. The normalized spacial score (nSPS) is 10.3. The highest BCUT2D eigenvalue weighted by molar-refractivity contribution is 6.04. The summed E-state index contributed by atoms with van der Waals surface area (Å²) in [5.74, 6) is 0.704. The molecule has 0 aliphatic carbocycles. The summed E-state index contributed by atoms with van der Waals surface area (Å²) in [5, 5.41) is 2.61. The molecular formula is C20H19N3O6. The fourth-order valence-electron chi connectivity index (χ4n) is 2.70. The predicted molar refractivity (Wildman–Crippen MR) is 107 cm³/mol. The minimum atomic E-state index is -0.769. The van der Waals surface area contributed by atoms with Crippen molar-refractivity contribution >= 4 is 11.6 Å². The molecule has 29 heavy (non-hydrogen) atoms. The average molecular weight is 397 g/mol. The van der Waals surface area contributed by atoms with Crippen LogP contribution in [-0.4, -0.2) is 36.8 Å². The van der Waals surface area contributed by atoms with Crippen molar-refractivity contribution in [3.05, 3.63) is 75.1 Å². The molecule has 0 spiro atoms. The maximum Gasteiger partial charge on any atom is 0.333 e. The number of hydrogen-bond acceptors (Lipinski definition) is 6. The zero-order valence-electron chi connectivity index (χ0n) is 16.0. The number of H-pyrrole nitrogens is 1. The molecule has 9 nitrogen and oxygen atoms in total. The number of carbonyl (C=O) groups excluding carboxylic acids is 1. The maximum absolute atomic E-state index is 12.9. The van der Waals surface area contributed by atoms with E-state index < -0.39 is 17.2 Å². The zero-order chi connectivity index (χ0) is 21.0. The number of methoxy groups -OCH3 is 3. The highest BCUT2D eigenvalue weighted by Gasteiger charge is 2.17. The topological polar surface area (TPSA) is 112 Å². The number of rotatable bonds is 6. The molecule has 2 aromatic carbocycles. The largest absolute Gasteiger partial charge is 0.497 e. The molecule has 0 aliphatic rings. The fourth-order valence-corrected chi connectivity index (χ4v) is 2.70. The number of ether oxygens (including phenoxy) is 3. The number of nitrogens with one attached hydrogen (secondary N) is 2. The molecule has 3 aromatic rings. The SMILES string of the molecule is COc1cc(NC(=O)c2c[nH]c(=O)n(-c3cccc(OC)c3)c2=O)cc(OC)c1. The van der Waals surface area contributed by atoms with Crippen LogP contribution >= 0.6 is 0 Å². The third-order valence-corrected chi connectivity index (χ3v) is 4.14. The van der Waals surface area contributed by atoms with Gasteiger partial charge in [-0.2, -0.15) is 0 Å². The summed E-state index contributed by atoms with van der Waals surface area (Å²) in [7, 11) is 4.43. The highest BCUT2D eigenvalue weighted by atomic mass is 16.5. The van der Waals surface area contributed by atoms with Gasteiger partial charge >= 0.3 is 5.69 Å². The minimum Gasteiger partial charge on any atom is -0.497 e. The molecule has 9 heteroatoms. The van der Waals surface area contributed by atoms with E-state index in [1.807, 2.05) is 0 Å². The van der Waals surface area contributed by atoms with Gasteiger partial charge in [0, 0.05) is 36.1 Å². The van der Waals surface area contributed by atoms with E-state index in [0.717, 1.165) is 10.8 Å². The monoisotopic (exact) mass is 397 g/mol. The van der Waals surface area contributed by atoms with Crippen LogP contribution < -0.4 is 30.8 Å². The summed E-state index contributed by atoms with van der Waals surface area (Å²) >= 11 is 0. The Bertz CT molecular complexity index is 1140. The van der Waals surface area contributed by atoms with Gasteiger partial charge in [0.05, 0.1) is 27.0 Å². The first-order chi connectivity index (χ1) is 14.0. The van der Waals surface area contributed by atoms with Crippen LogP contribution in [0.25, 0.3) is 5.69 Å². The van der Waals surface area contributed by atoms with E-state index in [2.05, 4.69) is 10.3 Å². The molecule has 3 rings (SSSR count). The van der Waals surface area contributed by atoms with Crippen molar-refractivity contribution in [2.75, 3.05) is 26.6 Å². The summed E-state index contributed by atoms with van der Waals surface area (Å²) in [6.45, 7) is 0. The molecule has 2 N–H and O–H groups in total. The number of anilines is 1. The molecule has 1 heterocycles. The lowest BCUT2D eigenvalue weighted by molar-refractivity contribution is 0.102. The zero-order valence-corrected chi connectivity index (χ0v) is 16.0. The Morgan fingerprint density at radius 1 is 0.931 bits per heavy atom. The van der Waals surface area contributed by atoms with Gasteiger partial charge in [0.1, 0.15) is 22.8 Å². The molecule has 1 aromatic heterocycles. The Morgan fingerprint density at radius 3 is 2.21 bits per heavy atom. The van der Waals surface area contributed by atoms with Crippen molar-refractivity contribution in [2.45, 2.75) is 0 Å². The van der Waals surface area contributed by atoms with Crippen LogP contribution in [0, 0.1) is 0 Å². The molecule has 0 atom stereocenters. The Kier molecular flexibility index (Phi) is 5.68. The Balaban J connectivity index is 2.01. The van der Waals surface area contributed by atoms with Gasteiger partial charge in [-0.25, -0.2) is 9.36 Å². The lowest BCUT2D eigenvalue weighted by Gasteiger charge is -2.11. The Hall–Kier alpha value is -4.01. The van der Waals surface area contributed by atoms with Gasteiger partial charge in [0.2, 0.25) is 0 Å². The lowest BCUT2D eigenvalue weighted by atomic mass is 10.2. The van der Waals surface area contributed by atoms with Crippen LogP contribution in [0.3, 0.4) is 0 Å². The van der Waals surface area contributed by atoms with E-state index in [0.29, 0.717) is 22.9 Å². The summed E-state index contributed by atoms with van der Waals surface area (Å²) in [6, 6.07) is 11.2. The van der Waals surface area contributed by atoms with Gasteiger partial charge in [0.15, 0.2) is 0 Å². The van der Waals surface area contributed by atoms with Gasteiger partial charge in [-0.1, -0.05) is 6.07 Å². The van der Waals surface area contributed by atoms with E-state index in [1.54, 1.807) is 36.4 Å². The molecular weight excluding hydrogens is 378 g/mol. The van der Waals surface area contributed by atoms with E-state index in [4.69, 9.17) is 14.2 Å². The van der Waals surface area contributed by atoms with Crippen molar-refractivity contribution in [3.8, 4) is 22.9 Å². The summed E-state index contributed by atoms with van der Waals surface area (Å²) in [5.41, 5.74) is -1.05. The van der Waals surface area contributed by atoms with Gasteiger partial charge in [-0.3, -0.25) is 9.59 Å². The van der Waals surface area contributed by atoms with Crippen LogP contribution in [0.1, 0.15) is 10.4 Å². The van der Waals surface area contributed by atoms with Crippen molar-refractivity contribution < 1.29 is 19.0 Å². The van der Waals surface area contributed by atoms with Crippen LogP contribution in [0.4, 0.5) is 5.69 Å². The molecule has 0 fully saturated rings. The average Bonchev–Trinajstić information content (AvgIpc) is 2.73. The van der Waals surface area contributed by atoms with Crippen molar-refractivity contribution in [1.29, 1.82) is 0 Å². The van der Waals surface area contributed by atoms with Gasteiger partial charge in [-0.15, -0.1) is 0 Å². The smallest absolute Gasteiger partial charge is 0.333 e. The van der Waals surface area contributed by atoms with Crippen molar-refractivity contribution in [1.82, 2.24) is 9.55 Å². The first kappa shape index (κ1) is 19.7. The number of aromatic nitrogens is 2. The third-order valence-electron chi connectivity index (χ3n) is 4.14. The lowest BCUT2D eigenvalue weighted by Crippen LogP contribution is -2.38. The highest BCUT2D eigenvalue weighted by Crippen LogP contribution is 2.26. The number of hydrogen-bond donors (Lipinski definition) is 2. The first-order valence-electron chi connectivity index (χ1n) is 8.50. The molecule has 0 radical (unpaired) electrons. The summed E-state index contributed by atoms with van der Waals surface area (Å²) in [4.78, 5) is 40.2. The van der Waals surface area contributed by atoms with Crippen LogP contribution in [0.2, 0.25) is 0 Å². The predicted octanol–water partition coefficient (Wildman–Crippen LogP) is 1.80. The van der Waals surface area contributed by atoms with Crippen LogP contribution in [0.15, 0.2) is 58.3 Å². The van der Waals surface area contributed by atoms with Crippen molar-refractivity contribution in [2.24, 2.45) is 0 Å².